The molecular formula is C83H162O17P2. The van der Waals surface area contributed by atoms with E-state index in [-0.39, 0.29) is 25.7 Å². The average molecular weight is 1490 g/mol. The molecule has 0 fully saturated rings. The second-order valence-electron chi connectivity index (χ2n) is 29.9. The van der Waals surface area contributed by atoms with Crippen LogP contribution in [-0.2, 0) is 65.4 Å². The quantitative estimate of drug-likeness (QED) is 0.0222. The summed E-state index contributed by atoms with van der Waals surface area (Å²) in [6.07, 6.45) is 70.9. The van der Waals surface area contributed by atoms with Crippen LogP contribution in [-0.4, -0.2) is 96.7 Å². The number of carbonyl (C=O) groups excluding carboxylic acids is 4. The Morgan fingerprint density at radius 1 is 0.235 bits per heavy atom. The number of hydrogen-bond acceptors (Lipinski definition) is 15. The molecule has 0 aromatic heterocycles. The number of ether oxygens (including phenoxy) is 4. The fourth-order valence-corrected chi connectivity index (χ4v) is 14.6. The summed E-state index contributed by atoms with van der Waals surface area (Å²) in [6, 6.07) is 0. The Kier molecular flexibility index (Phi) is 75.8. The molecule has 19 heteroatoms. The minimum absolute atomic E-state index is 0.109. The van der Waals surface area contributed by atoms with Crippen molar-refractivity contribution in [2.75, 3.05) is 39.6 Å². The molecule has 606 valence electrons. The van der Waals surface area contributed by atoms with Gasteiger partial charge in [-0.25, -0.2) is 9.13 Å². The normalized spacial score (nSPS) is 13.8. The van der Waals surface area contributed by atoms with Crippen molar-refractivity contribution >= 4 is 39.5 Å². The number of carbonyl (C=O) groups is 4. The molecule has 17 nitrogen and oxygen atoms in total. The summed E-state index contributed by atoms with van der Waals surface area (Å²) >= 11 is 0. The highest BCUT2D eigenvalue weighted by molar-refractivity contribution is 7.47. The molecule has 0 amide bonds. The lowest BCUT2D eigenvalue weighted by molar-refractivity contribution is -0.161. The van der Waals surface area contributed by atoms with Crippen molar-refractivity contribution in [3.8, 4) is 0 Å². The van der Waals surface area contributed by atoms with Gasteiger partial charge in [-0.05, 0) is 25.7 Å². The third-order valence-corrected chi connectivity index (χ3v) is 21.5. The van der Waals surface area contributed by atoms with Crippen molar-refractivity contribution in [2.24, 2.45) is 0 Å². The van der Waals surface area contributed by atoms with Gasteiger partial charge in [0.15, 0.2) is 12.2 Å². The third-order valence-electron chi connectivity index (χ3n) is 19.6. The van der Waals surface area contributed by atoms with Crippen LogP contribution in [0.4, 0.5) is 0 Å². The Labute approximate surface area is 626 Å². The van der Waals surface area contributed by atoms with Gasteiger partial charge in [-0.2, -0.15) is 0 Å². The number of rotatable bonds is 84. The molecule has 0 saturated heterocycles. The van der Waals surface area contributed by atoms with Gasteiger partial charge in [0.1, 0.15) is 19.3 Å². The van der Waals surface area contributed by atoms with Crippen molar-refractivity contribution < 1.29 is 80.2 Å². The van der Waals surface area contributed by atoms with Crippen LogP contribution in [0.15, 0.2) is 0 Å². The fraction of sp³-hybridized carbons (Fsp3) is 0.952. The average Bonchev–Trinajstić information content (AvgIpc) is 0.995. The Balaban J connectivity index is 5.19. The SMILES string of the molecule is CCCCCCCCCCCCCCCCCCCCC(=O)OC[C@H](COP(=O)(O)OC[C@@H](O)COP(=O)(O)OC[C@@H](COC(=O)CCCCCCCCCC)OC(=O)CCCCCCCCCCCCCCCCCCCC)OC(=O)CCCCCCCCCCCCCCCCCCCC. The van der Waals surface area contributed by atoms with Gasteiger partial charge in [-0.15, -0.1) is 0 Å². The topological polar surface area (TPSA) is 237 Å². The van der Waals surface area contributed by atoms with Crippen LogP contribution in [0.25, 0.3) is 0 Å². The second kappa shape index (κ2) is 77.2. The second-order valence-corrected chi connectivity index (χ2v) is 32.8. The Hall–Kier alpha value is -1.94. The number of esters is 4. The molecule has 2 unspecified atom stereocenters. The summed E-state index contributed by atoms with van der Waals surface area (Å²) in [5.41, 5.74) is 0. The van der Waals surface area contributed by atoms with Crippen LogP contribution in [0, 0.1) is 0 Å². The first-order valence-electron chi connectivity index (χ1n) is 43.3. The highest BCUT2D eigenvalue weighted by atomic mass is 31.2. The van der Waals surface area contributed by atoms with Gasteiger partial charge < -0.3 is 33.8 Å². The number of phosphoric acid groups is 2. The number of unbranched alkanes of at least 4 members (excludes halogenated alkanes) is 58. The highest BCUT2D eigenvalue weighted by Gasteiger charge is 2.30. The van der Waals surface area contributed by atoms with Gasteiger partial charge in [0.2, 0.25) is 0 Å². The van der Waals surface area contributed by atoms with E-state index in [2.05, 4.69) is 27.7 Å². The zero-order valence-corrected chi connectivity index (χ0v) is 68.4. The van der Waals surface area contributed by atoms with E-state index >= 15 is 0 Å². The maximum absolute atomic E-state index is 13.1. The molecule has 0 saturated carbocycles. The lowest BCUT2D eigenvalue weighted by Gasteiger charge is -2.21. The number of aliphatic hydroxyl groups is 1. The third kappa shape index (κ3) is 76.3. The molecule has 0 rings (SSSR count). The van der Waals surface area contributed by atoms with E-state index < -0.39 is 97.5 Å². The van der Waals surface area contributed by atoms with Crippen molar-refractivity contribution in [1.82, 2.24) is 0 Å². The van der Waals surface area contributed by atoms with Crippen LogP contribution in [0.3, 0.4) is 0 Å². The molecule has 5 atom stereocenters. The molecule has 0 aliphatic carbocycles. The predicted molar refractivity (Wildman–Crippen MR) is 419 cm³/mol. The number of aliphatic hydroxyl groups excluding tert-OH is 1. The zero-order valence-electron chi connectivity index (χ0n) is 66.6. The molecule has 0 spiro atoms. The first kappa shape index (κ1) is 100. The summed E-state index contributed by atoms with van der Waals surface area (Å²) in [6.45, 7) is 5.02. The summed E-state index contributed by atoms with van der Waals surface area (Å²) in [5, 5.41) is 10.6. The van der Waals surface area contributed by atoms with E-state index in [1.165, 1.54) is 283 Å². The van der Waals surface area contributed by atoms with Gasteiger partial charge in [0.05, 0.1) is 26.4 Å². The molecule has 0 heterocycles. The molecule has 3 N–H and O–H groups in total. The van der Waals surface area contributed by atoms with E-state index in [1.54, 1.807) is 0 Å². The van der Waals surface area contributed by atoms with Gasteiger partial charge in [-0.3, -0.25) is 37.3 Å². The van der Waals surface area contributed by atoms with Crippen molar-refractivity contribution in [1.29, 1.82) is 0 Å². The standard InChI is InChI=1S/C83H162O17P2/c1-5-9-13-17-21-25-28-31-34-37-40-43-46-49-52-56-60-64-68-81(86)94-74-79(100-83(88)70-66-62-58-54-51-48-45-42-39-36-33-30-27-23-19-15-11-7-3)76-98-102(91,92)96-72-77(84)71-95-101(89,90)97-75-78(73-93-80(85)67-63-59-55-24-20-16-12-8-4)99-82(87)69-65-61-57-53-50-47-44-41-38-35-32-29-26-22-18-14-10-6-2/h77-79,84H,5-76H2,1-4H3,(H,89,90)(H,91,92)/t77-,78+,79+/m0/s1. The number of phosphoric ester groups is 2. The fourth-order valence-electron chi connectivity index (χ4n) is 13.0. The molecule has 0 aromatic rings. The monoisotopic (exact) mass is 1490 g/mol. The summed E-state index contributed by atoms with van der Waals surface area (Å²) in [4.78, 5) is 73.0. The van der Waals surface area contributed by atoms with Gasteiger partial charge in [0.25, 0.3) is 0 Å². The molecule has 0 aliphatic heterocycles. The maximum Gasteiger partial charge on any atom is 0.472 e. The molecule has 0 aromatic carbocycles. The van der Waals surface area contributed by atoms with Crippen molar-refractivity contribution in [3.05, 3.63) is 0 Å². The molecule has 0 bridgehead atoms. The van der Waals surface area contributed by atoms with Crippen LogP contribution in [0.1, 0.15) is 451 Å². The lowest BCUT2D eigenvalue weighted by atomic mass is 10.0. The van der Waals surface area contributed by atoms with Gasteiger partial charge >= 0.3 is 39.5 Å². The summed E-state index contributed by atoms with van der Waals surface area (Å²) in [5.74, 6) is -2.10. The Morgan fingerprint density at radius 3 is 0.578 bits per heavy atom. The minimum atomic E-state index is -4.96. The molecule has 102 heavy (non-hydrogen) atoms. The van der Waals surface area contributed by atoms with E-state index in [1.807, 2.05) is 0 Å². The highest BCUT2D eigenvalue weighted by Crippen LogP contribution is 2.45. The van der Waals surface area contributed by atoms with Crippen LogP contribution in [0.2, 0.25) is 0 Å². The Bertz CT molecular complexity index is 1930. The summed E-state index contributed by atoms with van der Waals surface area (Å²) < 4.78 is 68.7. The molecular weight excluding hydrogens is 1330 g/mol. The zero-order chi connectivity index (χ0) is 74.6. The molecule has 0 radical (unpaired) electrons. The minimum Gasteiger partial charge on any atom is -0.462 e. The van der Waals surface area contributed by atoms with Gasteiger partial charge in [-0.1, -0.05) is 400 Å². The first-order chi connectivity index (χ1) is 49.7. The van der Waals surface area contributed by atoms with Gasteiger partial charge in [0, 0.05) is 25.7 Å². The van der Waals surface area contributed by atoms with Crippen LogP contribution >= 0.6 is 15.6 Å². The predicted octanol–water partition coefficient (Wildman–Crippen LogP) is 25.4. The summed E-state index contributed by atoms with van der Waals surface area (Å²) in [7, 11) is -9.92. The maximum atomic E-state index is 13.1. The van der Waals surface area contributed by atoms with E-state index in [0.29, 0.717) is 25.7 Å². The molecule has 0 aliphatic rings. The number of hydrogen-bond donors (Lipinski definition) is 3. The van der Waals surface area contributed by atoms with Crippen molar-refractivity contribution in [2.45, 2.75) is 470 Å². The largest absolute Gasteiger partial charge is 0.472 e. The Morgan fingerprint density at radius 2 is 0.392 bits per heavy atom. The van der Waals surface area contributed by atoms with Crippen LogP contribution in [0.5, 0.6) is 0 Å². The van der Waals surface area contributed by atoms with E-state index in [0.717, 1.165) is 89.9 Å². The van der Waals surface area contributed by atoms with Crippen LogP contribution < -0.4 is 0 Å². The smallest absolute Gasteiger partial charge is 0.462 e. The van der Waals surface area contributed by atoms with Crippen molar-refractivity contribution in [3.63, 3.8) is 0 Å². The lowest BCUT2D eigenvalue weighted by Crippen LogP contribution is -2.30. The van der Waals surface area contributed by atoms with E-state index in [4.69, 9.17) is 37.0 Å². The van der Waals surface area contributed by atoms with E-state index in [9.17, 15) is 43.2 Å². The first-order valence-corrected chi connectivity index (χ1v) is 46.3.